The third kappa shape index (κ3) is 2.39. The second kappa shape index (κ2) is 5.08. The van der Waals surface area contributed by atoms with Crippen LogP contribution in [0.15, 0.2) is 60.7 Å². The first-order valence-corrected chi connectivity index (χ1v) is 6.83. The fraction of sp³-hybridized carbons (Fsp3) is 0.143. The molecular weight excluding hydrogens is 216 g/mol. The quantitative estimate of drug-likeness (QED) is 0.791. The van der Waals surface area contributed by atoms with Crippen LogP contribution in [0, 0.1) is 0 Å². The van der Waals surface area contributed by atoms with Crippen molar-refractivity contribution >= 4 is 10.8 Å². The predicted molar refractivity (Wildman–Crippen MR) is 68.8 cm³/mol. The Hall–Kier alpha value is -1.41. The number of benzene rings is 2. The summed E-state index contributed by atoms with van der Waals surface area (Å²) in [5.74, 6) is 0. The second-order valence-corrected chi connectivity index (χ2v) is 5.17. The Kier molecular flexibility index (Phi) is 3.52. The lowest BCUT2D eigenvalue weighted by Crippen LogP contribution is -2.06. The minimum atomic E-state index is -0.905. The standard InChI is InChI=1S/C14H14OS/c1-16(15)14(12-8-4-2-5-9-12)13-10-6-3-7-11-13/h2-11,14H,1H3. The van der Waals surface area contributed by atoms with Gasteiger partial charge in [-0.15, -0.1) is 0 Å². The highest BCUT2D eigenvalue weighted by atomic mass is 32.2. The highest BCUT2D eigenvalue weighted by Gasteiger charge is 2.16. The van der Waals surface area contributed by atoms with Gasteiger partial charge in [0.1, 0.15) is 0 Å². The fourth-order valence-corrected chi connectivity index (χ4v) is 2.91. The molecule has 0 fully saturated rings. The van der Waals surface area contributed by atoms with E-state index in [4.69, 9.17) is 0 Å². The third-order valence-electron chi connectivity index (χ3n) is 2.54. The molecule has 0 aromatic heterocycles. The van der Waals surface area contributed by atoms with Gasteiger partial charge in [-0.05, 0) is 11.1 Å². The van der Waals surface area contributed by atoms with E-state index in [0.29, 0.717) is 0 Å². The van der Waals surface area contributed by atoms with Crippen LogP contribution in [-0.4, -0.2) is 10.5 Å². The van der Waals surface area contributed by atoms with Crippen LogP contribution in [0.4, 0.5) is 0 Å². The Morgan fingerprint density at radius 1 is 0.812 bits per heavy atom. The first-order chi connectivity index (χ1) is 7.79. The molecule has 0 aliphatic heterocycles. The minimum absolute atomic E-state index is 0.0256. The summed E-state index contributed by atoms with van der Waals surface area (Å²) in [5.41, 5.74) is 2.21. The highest BCUT2D eigenvalue weighted by molar-refractivity contribution is 7.84. The molecule has 0 N–H and O–H groups in total. The van der Waals surface area contributed by atoms with Gasteiger partial charge in [-0.2, -0.15) is 0 Å². The van der Waals surface area contributed by atoms with Crippen LogP contribution in [0.25, 0.3) is 0 Å². The van der Waals surface area contributed by atoms with Crippen molar-refractivity contribution in [2.75, 3.05) is 6.26 Å². The average molecular weight is 230 g/mol. The minimum Gasteiger partial charge on any atom is -0.259 e. The molecule has 0 heterocycles. The summed E-state index contributed by atoms with van der Waals surface area (Å²) in [7, 11) is -0.905. The summed E-state index contributed by atoms with van der Waals surface area (Å²) < 4.78 is 11.9. The van der Waals surface area contributed by atoms with Crippen LogP contribution >= 0.6 is 0 Å². The zero-order valence-corrected chi connectivity index (χ0v) is 9.98. The van der Waals surface area contributed by atoms with Crippen LogP contribution in [-0.2, 0) is 10.8 Å². The second-order valence-electron chi connectivity index (χ2n) is 3.70. The molecule has 2 rings (SSSR count). The van der Waals surface area contributed by atoms with Crippen LogP contribution < -0.4 is 0 Å². The van der Waals surface area contributed by atoms with Crippen molar-refractivity contribution in [3.8, 4) is 0 Å². The van der Waals surface area contributed by atoms with E-state index in [1.54, 1.807) is 6.26 Å². The fourth-order valence-electron chi connectivity index (χ4n) is 1.83. The predicted octanol–water partition coefficient (Wildman–Crippen LogP) is 3.15. The highest BCUT2D eigenvalue weighted by Crippen LogP contribution is 2.26. The molecule has 1 unspecified atom stereocenters. The van der Waals surface area contributed by atoms with Gasteiger partial charge >= 0.3 is 0 Å². The molecule has 0 saturated heterocycles. The van der Waals surface area contributed by atoms with Gasteiger partial charge in [0.05, 0.1) is 5.25 Å². The van der Waals surface area contributed by atoms with Gasteiger partial charge in [0.2, 0.25) is 0 Å². The lowest BCUT2D eigenvalue weighted by Gasteiger charge is -2.14. The molecule has 1 atom stereocenters. The lowest BCUT2D eigenvalue weighted by molar-refractivity contribution is 0.682. The Labute approximate surface area is 98.6 Å². The van der Waals surface area contributed by atoms with Crippen molar-refractivity contribution in [1.82, 2.24) is 0 Å². The Morgan fingerprint density at radius 3 is 1.50 bits per heavy atom. The Bertz CT molecular complexity index is 425. The molecule has 16 heavy (non-hydrogen) atoms. The summed E-state index contributed by atoms with van der Waals surface area (Å²) in [4.78, 5) is 0. The summed E-state index contributed by atoms with van der Waals surface area (Å²) in [6.45, 7) is 0. The number of hydrogen-bond donors (Lipinski definition) is 0. The van der Waals surface area contributed by atoms with Gasteiger partial charge in [0.15, 0.2) is 0 Å². The monoisotopic (exact) mass is 230 g/mol. The van der Waals surface area contributed by atoms with Gasteiger partial charge in [-0.3, -0.25) is 4.21 Å². The van der Waals surface area contributed by atoms with E-state index in [0.717, 1.165) is 11.1 Å². The average Bonchev–Trinajstić information content (AvgIpc) is 2.31. The molecule has 2 heteroatoms. The van der Waals surface area contributed by atoms with Gasteiger partial charge < -0.3 is 0 Å². The summed E-state index contributed by atoms with van der Waals surface area (Å²) >= 11 is 0. The molecular formula is C14H14OS. The zero-order chi connectivity index (χ0) is 11.4. The molecule has 0 spiro atoms. The Morgan fingerprint density at radius 2 is 1.19 bits per heavy atom. The van der Waals surface area contributed by atoms with E-state index < -0.39 is 10.8 Å². The maximum Gasteiger partial charge on any atom is 0.0843 e. The summed E-state index contributed by atoms with van der Waals surface area (Å²) in [5, 5.41) is -0.0256. The molecule has 0 amide bonds. The molecule has 2 aromatic carbocycles. The van der Waals surface area contributed by atoms with E-state index in [-0.39, 0.29) is 5.25 Å². The lowest BCUT2D eigenvalue weighted by atomic mass is 10.0. The van der Waals surface area contributed by atoms with Crippen molar-refractivity contribution in [2.45, 2.75) is 5.25 Å². The first-order valence-electron chi connectivity index (χ1n) is 5.21. The summed E-state index contributed by atoms with van der Waals surface area (Å²) in [6.07, 6.45) is 1.75. The normalized spacial score (nSPS) is 12.6. The summed E-state index contributed by atoms with van der Waals surface area (Å²) in [6, 6.07) is 20.0. The zero-order valence-electron chi connectivity index (χ0n) is 9.17. The van der Waals surface area contributed by atoms with E-state index in [1.807, 2.05) is 60.7 Å². The van der Waals surface area contributed by atoms with Crippen molar-refractivity contribution in [3.63, 3.8) is 0 Å². The van der Waals surface area contributed by atoms with E-state index in [9.17, 15) is 4.21 Å². The molecule has 0 saturated carbocycles. The van der Waals surface area contributed by atoms with Gasteiger partial charge in [-0.1, -0.05) is 60.7 Å². The molecule has 2 aromatic rings. The molecule has 1 nitrogen and oxygen atoms in total. The van der Waals surface area contributed by atoms with Crippen LogP contribution in [0.1, 0.15) is 16.4 Å². The largest absolute Gasteiger partial charge is 0.259 e. The van der Waals surface area contributed by atoms with Crippen LogP contribution in [0.5, 0.6) is 0 Å². The maximum atomic E-state index is 11.9. The van der Waals surface area contributed by atoms with Crippen LogP contribution in [0.2, 0.25) is 0 Å². The van der Waals surface area contributed by atoms with Gasteiger partial charge in [-0.25, -0.2) is 0 Å². The van der Waals surface area contributed by atoms with Crippen molar-refractivity contribution in [3.05, 3.63) is 71.8 Å². The Balaban J connectivity index is 2.44. The molecule has 0 bridgehead atoms. The SMILES string of the molecule is CS(=O)C(c1ccccc1)c1ccccc1. The first kappa shape index (κ1) is 11.1. The third-order valence-corrected chi connectivity index (χ3v) is 3.74. The van der Waals surface area contributed by atoms with E-state index >= 15 is 0 Å². The topological polar surface area (TPSA) is 17.1 Å². The molecule has 0 aliphatic carbocycles. The van der Waals surface area contributed by atoms with Gasteiger partial charge in [0, 0.05) is 17.1 Å². The number of rotatable bonds is 3. The van der Waals surface area contributed by atoms with E-state index in [2.05, 4.69) is 0 Å². The van der Waals surface area contributed by atoms with Crippen molar-refractivity contribution in [2.24, 2.45) is 0 Å². The van der Waals surface area contributed by atoms with Crippen molar-refractivity contribution in [1.29, 1.82) is 0 Å². The van der Waals surface area contributed by atoms with Crippen LogP contribution in [0.3, 0.4) is 0 Å². The molecule has 0 aliphatic rings. The smallest absolute Gasteiger partial charge is 0.0843 e. The molecule has 0 radical (unpaired) electrons. The number of hydrogen-bond acceptors (Lipinski definition) is 1. The van der Waals surface area contributed by atoms with Crippen molar-refractivity contribution < 1.29 is 4.21 Å². The van der Waals surface area contributed by atoms with E-state index in [1.165, 1.54) is 0 Å². The maximum absolute atomic E-state index is 11.9. The van der Waals surface area contributed by atoms with Gasteiger partial charge in [0.25, 0.3) is 0 Å². The molecule has 82 valence electrons.